The molecule has 0 N–H and O–H groups in total. The second-order valence-electron chi connectivity index (χ2n) is 3.16. The van der Waals surface area contributed by atoms with Gasteiger partial charge in [-0.25, -0.2) is 8.78 Å². The zero-order valence-electron chi connectivity index (χ0n) is 9.31. The Morgan fingerprint density at radius 2 is 1.73 bits per heavy atom. The molecule has 0 saturated carbocycles. The predicted octanol–water partition coefficient (Wildman–Crippen LogP) is 3.97. The molecule has 0 aliphatic heterocycles. The third-order valence-electron chi connectivity index (χ3n) is 1.83. The van der Waals surface area contributed by atoms with E-state index in [-0.39, 0.29) is 5.56 Å². The molecule has 1 nitrogen and oxygen atoms in total. The number of carbonyl (C=O) groups excluding carboxylic acids is 1. The summed E-state index contributed by atoms with van der Waals surface area (Å²) in [6.45, 7) is 5.55. The lowest BCUT2D eigenvalue weighted by Gasteiger charge is -1.97. The number of unbranched alkanes of at least 4 members (excludes halogenated alkanes) is 1. The van der Waals surface area contributed by atoms with E-state index in [9.17, 15) is 13.6 Å². The highest BCUT2D eigenvalue weighted by Gasteiger charge is 2.09. The molecule has 3 heteroatoms. The van der Waals surface area contributed by atoms with Crippen LogP contribution in [0.2, 0.25) is 0 Å². The molecule has 0 spiro atoms. The molecular weight excluding hydrogens is 198 g/mol. The molecule has 0 heterocycles. The third kappa shape index (κ3) is 4.68. The van der Waals surface area contributed by atoms with Gasteiger partial charge in [0.2, 0.25) is 0 Å². The van der Waals surface area contributed by atoms with Crippen LogP contribution < -0.4 is 0 Å². The highest BCUT2D eigenvalue weighted by Crippen LogP contribution is 2.11. The van der Waals surface area contributed by atoms with E-state index < -0.39 is 17.4 Å². The summed E-state index contributed by atoms with van der Waals surface area (Å²) in [5.41, 5.74) is -0.204. The van der Waals surface area contributed by atoms with Crippen molar-refractivity contribution in [1.29, 1.82) is 0 Å². The normalized spacial score (nSPS) is 9.13. The van der Waals surface area contributed by atoms with Crippen LogP contribution in [0.15, 0.2) is 18.2 Å². The molecular formula is C12H16F2O. The van der Waals surface area contributed by atoms with E-state index in [0.29, 0.717) is 0 Å². The summed E-state index contributed by atoms with van der Waals surface area (Å²) in [6, 6.07) is 3.53. The SMILES string of the molecule is CC(=O)c1cccc(F)c1F.CCCC. The Hall–Kier alpha value is -1.25. The van der Waals surface area contributed by atoms with Gasteiger partial charge in [0, 0.05) is 0 Å². The van der Waals surface area contributed by atoms with Crippen molar-refractivity contribution in [2.24, 2.45) is 0 Å². The molecule has 0 aliphatic carbocycles. The zero-order chi connectivity index (χ0) is 11.8. The average Bonchev–Trinajstić information content (AvgIpc) is 2.22. The fraction of sp³-hybridized carbons (Fsp3) is 0.417. The fourth-order valence-electron chi connectivity index (χ4n) is 0.776. The number of Topliss-reactive ketones (excluding diaryl/α,β-unsaturated/α-hetero) is 1. The maximum absolute atomic E-state index is 12.7. The van der Waals surface area contributed by atoms with E-state index in [0.717, 1.165) is 6.07 Å². The standard InChI is InChI=1S/C8H6F2O.C4H10/c1-5(11)6-3-2-4-7(9)8(6)10;1-3-4-2/h2-4H,1H3;3-4H2,1-2H3. The molecule has 1 aromatic rings. The number of rotatable bonds is 2. The summed E-state index contributed by atoms with van der Waals surface area (Å²) >= 11 is 0. The van der Waals surface area contributed by atoms with Gasteiger partial charge in [0.15, 0.2) is 17.4 Å². The first kappa shape index (κ1) is 13.8. The van der Waals surface area contributed by atoms with Gasteiger partial charge in [0.1, 0.15) is 0 Å². The number of hydrogen-bond acceptors (Lipinski definition) is 1. The molecule has 0 aromatic heterocycles. The molecule has 0 unspecified atom stereocenters. The quantitative estimate of drug-likeness (QED) is 0.681. The van der Waals surface area contributed by atoms with Gasteiger partial charge in [-0.15, -0.1) is 0 Å². The van der Waals surface area contributed by atoms with Crippen LogP contribution in [0.25, 0.3) is 0 Å². The van der Waals surface area contributed by atoms with E-state index in [1.807, 2.05) is 0 Å². The topological polar surface area (TPSA) is 17.1 Å². The van der Waals surface area contributed by atoms with Crippen LogP contribution in [-0.2, 0) is 0 Å². The third-order valence-corrected chi connectivity index (χ3v) is 1.83. The Morgan fingerprint density at radius 3 is 2.07 bits per heavy atom. The summed E-state index contributed by atoms with van der Waals surface area (Å²) in [5, 5.41) is 0. The maximum Gasteiger partial charge on any atom is 0.169 e. The van der Waals surface area contributed by atoms with E-state index in [2.05, 4.69) is 13.8 Å². The Balaban J connectivity index is 0.000000423. The lowest BCUT2D eigenvalue weighted by molar-refractivity contribution is 0.101. The largest absolute Gasteiger partial charge is 0.294 e. The van der Waals surface area contributed by atoms with E-state index in [1.54, 1.807) is 0 Å². The second-order valence-corrected chi connectivity index (χ2v) is 3.16. The average molecular weight is 214 g/mol. The molecule has 0 atom stereocenters. The lowest BCUT2D eigenvalue weighted by Crippen LogP contribution is -1.98. The minimum Gasteiger partial charge on any atom is -0.294 e. The molecule has 0 saturated heterocycles. The molecule has 1 aromatic carbocycles. The van der Waals surface area contributed by atoms with Crippen LogP contribution in [-0.4, -0.2) is 5.78 Å². The van der Waals surface area contributed by atoms with Gasteiger partial charge in [-0.2, -0.15) is 0 Å². The van der Waals surface area contributed by atoms with Crippen LogP contribution in [0, 0.1) is 11.6 Å². The molecule has 84 valence electrons. The van der Waals surface area contributed by atoms with Crippen LogP contribution in [0.5, 0.6) is 0 Å². The van der Waals surface area contributed by atoms with E-state index in [4.69, 9.17) is 0 Å². The highest BCUT2D eigenvalue weighted by atomic mass is 19.2. The van der Waals surface area contributed by atoms with Crippen molar-refractivity contribution in [3.8, 4) is 0 Å². The summed E-state index contributed by atoms with van der Waals surface area (Å²) in [4.78, 5) is 10.6. The summed E-state index contributed by atoms with van der Waals surface area (Å²) in [7, 11) is 0. The first-order valence-corrected chi connectivity index (χ1v) is 4.99. The van der Waals surface area contributed by atoms with Crippen LogP contribution in [0.4, 0.5) is 8.78 Å². The Labute approximate surface area is 89.1 Å². The zero-order valence-corrected chi connectivity index (χ0v) is 9.31. The van der Waals surface area contributed by atoms with Crippen molar-refractivity contribution >= 4 is 5.78 Å². The number of hydrogen-bond donors (Lipinski definition) is 0. The number of ketones is 1. The van der Waals surface area contributed by atoms with Crippen molar-refractivity contribution < 1.29 is 13.6 Å². The second kappa shape index (κ2) is 7.10. The predicted molar refractivity (Wildman–Crippen MR) is 56.9 cm³/mol. The molecule has 15 heavy (non-hydrogen) atoms. The van der Waals surface area contributed by atoms with Crippen molar-refractivity contribution in [2.45, 2.75) is 33.6 Å². The van der Waals surface area contributed by atoms with Gasteiger partial charge in [-0.05, 0) is 19.1 Å². The molecule has 0 fully saturated rings. The van der Waals surface area contributed by atoms with Crippen molar-refractivity contribution in [3.63, 3.8) is 0 Å². The van der Waals surface area contributed by atoms with Gasteiger partial charge in [-0.1, -0.05) is 32.8 Å². The molecule has 0 amide bonds. The summed E-state index contributed by atoms with van der Waals surface area (Å²) in [5.74, 6) is -2.53. The Kier molecular flexibility index (Phi) is 6.50. The van der Waals surface area contributed by atoms with Crippen molar-refractivity contribution in [3.05, 3.63) is 35.4 Å². The number of benzene rings is 1. The smallest absolute Gasteiger partial charge is 0.169 e. The Morgan fingerprint density at radius 1 is 1.20 bits per heavy atom. The van der Waals surface area contributed by atoms with Gasteiger partial charge in [-0.3, -0.25) is 4.79 Å². The molecule has 1 rings (SSSR count). The maximum atomic E-state index is 12.7. The number of halogens is 2. The Bertz CT molecular complexity index is 319. The minimum absolute atomic E-state index is 0.204. The van der Waals surface area contributed by atoms with E-state index >= 15 is 0 Å². The first-order chi connectivity index (χ1) is 7.04. The molecule has 0 bridgehead atoms. The summed E-state index contributed by atoms with van der Waals surface area (Å²) < 4.78 is 25.1. The molecule has 0 radical (unpaired) electrons. The van der Waals surface area contributed by atoms with E-state index in [1.165, 1.54) is 31.9 Å². The lowest BCUT2D eigenvalue weighted by atomic mass is 10.1. The molecule has 0 aliphatic rings. The van der Waals surface area contributed by atoms with Gasteiger partial charge >= 0.3 is 0 Å². The van der Waals surface area contributed by atoms with Gasteiger partial charge < -0.3 is 0 Å². The van der Waals surface area contributed by atoms with Crippen LogP contribution >= 0.6 is 0 Å². The summed E-state index contributed by atoms with van der Waals surface area (Å²) in [6.07, 6.45) is 2.64. The highest BCUT2D eigenvalue weighted by molar-refractivity contribution is 5.94. The first-order valence-electron chi connectivity index (χ1n) is 4.99. The van der Waals surface area contributed by atoms with Gasteiger partial charge in [0.25, 0.3) is 0 Å². The number of carbonyl (C=O) groups is 1. The van der Waals surface area contributed by atoms with Crippen LogP contribution in [0.1, 0.15) is 44.0 Å². The van der Waals surface area contributed by atoms with Gasteiger partial charge in [0.05, 0.1) is 5.56 Å². The fourth-order valence-corrected chi connectivity index (χ4v) is 0.776. The van der Waals surface area contributed by atoms with Crippen LogP contribution in [0.3, 0.4) is 0 Å². The monoisotopic (exact) mass is 214 g/mol. The van der Waals surface area contributed by atoms with Crippen molar-refractivity contribution in [1.82, 2.24) is 0 Å². The minimum atomic E-state index is -1.07. The van der Waals surface area contributed by atoms with Crippen molar-refractivity contribution in [2.75, 3.05) is 0 Å².